The van der Waals surface area contributed by atoms with Gasteiger partial charge < -0.3 is 5.32 Å². The van der Waals surface area contributed by atoms with Gasteiger partial charge in [-0.2, -0.15) is 0 Å². The lowest BCUT2D eigenvalue weighted by molar-refractivity contribution is 0.580. The van der Waals surface area contributed by atoms with Crippen LogP contribution in [0.5, 0.6) is 0 Å². The normalized spacial score (nSPS) is 13.8. The molecule has 0 bridgehead atoms. The molecule has 3 heteroatoms. The summed E-state index contributed by atoms with van der Waals surface area (Å²) in [5, 5.41) is 3.36. The van der Waals surface area contributed by atoms with Crippen molar-refractivity contribution in [2.75, 3.05) is 11.9 Å². The molecule has 0 saturated heterocycles. The summed E-state index contributed by atoms with van der Waals surface area (Å²) >= 11 is 0. The highest BCUT2D eigenvalue weighted by molar-refractivity contribution is 5.57. The van der Waals surface area contributed by atoms with Crippen LogP contribution in [0.25, 0.3) is 0 Å². The fourth-order valence-corrected chi connectivity index (χ4v) is 2.68. The van der Waals surface area contributed by atoms with Crippen molar-refractivity contribution in [3.63, 3.8) is 0 Å². The molecule has 0 aromatic heterocycles. The van der Waals surface area contributed by atoms with Crippen molar-refractivity contribution in [2.24, 2.45) is 0 Å². The molecule has 1 N–H and O–H groups in total. The van der Waals surface area contributed by atoms with E-state index in [1.165, 1.54) is 17.7 Å². The van der Waals surface area contributed by atoms with E-state index in [4.69, 9.17) is 0 Å². The van der Waals surface area contributed by atoms with Crippen LogP contribution in [-0.4, -0.2) is 6.54 Å². The standard InChI is InChI=1S/C16H15F2N/c17-13-8-11(9-14(18)10-13)7-12-3-1-5-16-15(12)4-2-6-19-16/h1,3,5,8-10,19H,2,4,6-7H2. The van der Waals surface area contributed by atoms with Crippen LogP contribution >= 0.6 is 0 Å². The maximum Gasteiger partial charge on any atom is 0.126 e. The Kier molecular flexibility index (Phi) is 3.20. The molecule has 98 valence electrons. The van der Waals surface area contributed by atoms with Crippen LogP contribution in [-0.2, 0) is 12.8 Å². The largest absolute Gasteiger partial charge is 0.385 e. The van der Waals surface area contributed by atoms with Gasteiger partial charge in [0.15, 0.2) is 0 Å². The van der Waals surface area contributed by atoms with E-state index in [9.17, 15) is 8.78 Å². The lowest BCUT2D eigenvalue weighted by Crippen LogP contribution is -2.13. The minimum atomic E-state index is -0.516. The number of halogens is 2. The van der Waals surface area contributed by atoms with E-state index in [2.05, 4.69) is 11.4 Å². The Morgan fingerprint density at radius 1 is 1.05 bits per heavy atom. The summed E-state index contributed by atoms with van der Waals surface area (Å²) in [6.07, 6.45) is 2.69. The van der Waals surface area contributed by atoms with Crippen LogP contribution in [0.4, 0.5) is 14.5 Å². The Balaban J connectivity index is 1.95. The van der Waals surface area contributed by atoms with Gasteiger partial charge >= 0.3 is 0 Å². The Morgan fingerprint density at radius 2 is 1.84 bits per heavy atom. The van der Waals surface area contributed by atoms with Gasteiger partial charge in [0, 0.05) is 18.3 Å². The number of rotatable bonds is 2. The van der Waals surface area contributed by atoms with Gasteiger partial charge in [-0.05, 0) is 54.2 Å². The first-order valence-corrected chi connectivity index (χ1v) is 6.52. The first-order valence-electron chi connectivity index (χ1n) is 6.52. The molecule has 1 aliphatic heterocycles. The van der Waals surface area contributed by atoms with Crippen LogP contribution in [0.2, 0.25) is 0 Å². The van der Waals surface area contributed by atoms with Gasteiger partial charge in [-0.25, -0.2) is 8.78 Å². The highest BCUT2D eigenvalue weighted by Gasteiger charge is 2.13. The summed E-state index contributed by atoms with van der Waals surface area (Å²) in [6, 6.07) is 9.80. The van der Waals surface area contributed by atoms with Crippen molar-refractivity contribution in [3.05, 3.63) is 64.7 Å². The van der Waals surface area contributed by atoms with E-state index < -0.39 is 11.6 Å². The summed E-state index contributed by atoms with van der Waals surface area (Å²) in [5.74, 6) is -1.03. The number of fused-ring (bicyclic) bond motifs is 1. The summed E-state index contributed by atoms with van der Waals surface area (Å²) in [4.78, 5) is 0. The van der Waals surface area contributed by atoms with Crippen LogP contribution in [0.15, 0.2) is 36.4 Å². The molecule has 19 heavy (non-hydrogen) atoms. The highest BCUT2D eigenvalue weighted by atomic mass is 19.1. The summed E-state index contributed by atoms with van der Waals surface area (Å²) in [6.45, 7) is 0.991. The third-order valence-electron chi connectivity index (χ3n) is 3.51. The maximum absolute atomic E-state index is 13.2. The van der Waals surface area contributed by atoms with Crippen molar-refractivity contribution in [1.82, 2.24) is 0 Å². The van der Waals surface area contributed by atoms with Crippen LogP contribution in [0.3, 0.4) is 0 Å². The number of hydrogen-bond acceptors (Lipinski definition) is 1. The zero-order valence-electron chi connectivity index (χ0n) is 10.5. The number of anilines is 1. The third-order valence-corrected chi connectivity index (χ3v) is 3.51. The van der Waals surface area contributed by atoms with E-state index in [-0.39, 0.29) is 0 Å². The molecule has 0 unspecified atom stereocenters. The first kappa shape index (κ1) is 12.2. The molecule has 0 radical (unpaired) electrons. The van der Waals surface area contributed by atoms with Gasteiger partial charge in [-0.15, -0.1) is 0 Å². The van der Waals surface area contributed by atoms with Crippen LogP contribution < -0.4 is 5.32 Å². The van der Waals surface area contributed by atoms with E-state index in [0.717, 1.165) is 36.7 Å². The molecular weight excluding hydrogens is 244 g/mol. The number of nitrogens with one attached hydrogen (secondary N) is 1. The molecule has 1 heterocycles. The average molecular weight is 259 g/mol. The Bertz CT molecular complexity index is 587. The van der Waals surface area contributed by atoms with Crippen molar-refractivity contribution in [1.29, 1.82) is 0 Å². The zero-order chi connectivity index (χ0) is 13.2. The molecule has 1 nitrogen and oxygen atoms in total. The van der Waals surface area contributed by atoms with E-state index in [1.54, 1.807) is 0 Å². The smallest absolute Gasteiger partial charge is 0.126 e. The second-order valence-electron chi connectivity index (χ2n) is 4.93. The van der Waals surface area contributed by atoms with Gasteiger partial charge in [-0.3, -0.25) is 0 Å². The van der Waals surface area contributed by atoms with E-state index >= 15 is 0 Å². The van der Waals surface area contributed by atoms with Crippen molar-refractivity contribution < 1.29 is 8.78 Å². The fraction of sp³-hybridized carbons (Fsp3) is 0.250. The minimum absolute atomic E-state index is 0.516. The SMILES string of the molecule is Fc1cc(F)cc(Cc2cccc3c2CCCN3)c1. The van der Waals surface area contributed by atoms with E-state index in [0.29, 0.717) is 12.0 Å². The second-order valence-corrected chi connectivity index (χ2v) is 4.93. The van der Waals surface area contributed by atoms with Gasteiger partial charge in [0.05, 0.1) is 0 Å². The average Bonchev–Trinajstić information content (AvgIpc) is 2.38. The van der Waals surface area contributed by atoms with Gasteiger partial charge in [0.25, 0.3) is 0 Å². The maximum atomic E-state index is 13.2. The predicted molar refractivity (Wildman–Crippen MR) is 72.4 cm³/mol. The minimum Gasteiger partial charge on any atom is -0.385 e. The fourth-order valence-electron chi connectivity index (χ4n) is 2.68. The molecule has 0 amide bonds. The molecule has 3 rings (SSSR count). The number of benzene rings is 2. The molecule has 0 aliphatic carbocycles. The molecule has 0 saturated carbocycles. The molecular formula is C16H15F2N. The molecule has 2 aromatic rings. The summed E-state index contributed by atoms with van der Waals surface area (Å²) in [7, 11) is 0. The lowest BCUT2D eigenvalue weighted by atomic mass is 9.93. The van der Waals surface area contributed by atoms with Crippen molar-refractivity contribution >= 4 is 5.69 Å². The third kappa shape index (κ3) is 2.60. The Hall–Kier alpha value is -1.90. The lowest BCUT2D eigenvalue weighted by Gasteiger charge is -2.21. The monoisotopic (exact) mass is 259 g/mol. The Morgan fingerprint density at radius 3 is 2.63 bits per heavy atom. The Labute approximate surface area is 111 Å². The first-order chi connectivity index (χ1) is 9.22. The zero-order valence-corrected chi connectivity index (χ0v) is 10.5. The number of hydrogen-bond donors (Lipinski definition) is 1. The molecule has 1 aliphatic rings. The molecule has 2 aromatic carbocycles. The predicted octanol–water partition coefficient (Wildman–Crippen LogP) is 3.91. The van der Waals surface area contributed by atoms with Gasteiger partial charge in [0.1, 0.15) is 11.6 Å². The topological polar surface area (TPSA) is 12.0 Å². The molecule has 0 fully saturated rings. The van der Waals surface area contributed by atoms with Crippen molar-refractivity contribution in [2.45, 2.75) is 19.3 Å². The second kappa shape index (κ2) is 5.00. The van der Waals surface area contributed by atoms with Gasteiger partial charge in [0.2, 0.25) is 0 Å². The summed E-state index contributed by atoms with van der Waals surface area (Å²) in [5.41, 5.74) is 4.25. The quantitative estimate of drug-likeness (QED) is 0.862. The van der Waals surface area contributed by atoms with E-state index in [1.807, 2.05) is 12.1 Å². The molecule has 0 spiro atoms. The van der Waals surface area contributed by atoms with Crippen LogP contribution in [0, 0.1) is 11.6 Å². The molecule has 0 atom stereocenters. The summed E-state index contributed by atoms with van der Waals surface area (Å²) < 4.78 is 26.4. The highest BCUT2D eigenvalue weighted by Crippen LogP contribution is 2.27. The van der Waals surface area contributed by atoms with Gasteiger partial charge in [-0.1, -0.05) is 12.1 Å². The van der Waals surface area contributed by atoms with Crippen LogP contribution in [0.1, 0.15) is 23.1 Å². The van der Waals surface area contributed by atoms with Crippen molar-refractivity contribution in [3.8, 4) is 0 Å².